The molecular formula is C15H24ClNO. The summed E-state index contributed by atoms with van der Waals surface area (Å²) < 4.78 is 0. The Morgan fingerprint density at radius 3 is 2.28 bits per heavy atom. The Labute approximate surface area is 116 Å². The molecule has 1 aromatic rings. The standard InChI is InChI=1S/C15H23NO.ClH/c1-3-4-5-6-7-13-8-10-14(11-9-13)15(17)12(2)16;/h8-12H,3-7,16H2,1-2H3;1H. The zero-order chi connectivity index (χ0) is 12.7. The monoisotopic (exact) mass is 269 g/mol. The fraction of sp³-hybridized carbons (Fsp3) is 0.533. The maximum atomic E-state index is 11.6. The molecule has 0 saturated carbocycles. The van der Waals surface area contributed by atoms with Crippen LogP contribution in [0, 0.1) is 0 Å². The largest absolute Gasteiger partial charge is 0.321 e. The van der Waals surface area contributed by atoms with Crippen molar-refractivity contribution in [3.05, 3.63) is 35.4 Å². The van der Waals surface area contributed by atoms with Gasteiger partial charge in [-0.1, -0.05) is 50.5 Å². The molecule has 0 spiro atoms. The van der Waals surface area contributed by atoms with Crippen molar-refractivity contribution in [3.8, 4) is 0 Å². The van der Waals surface area contributed by atoms with Gasteiger partial charge in [-0.2, -0.15) is 0 Å². The van der Waals surface area contributed by atoms with Gasteiger partial charge in [0.2, 0.25) is 0 Å². The van der Waals surface area contributed by atoms with Gasteiger partial charge in [0.15, 0.2) is 5.78 Å². The number of Topliss-reactive ketones (excluding diaryl/α,β-unsaturated/α-hetero) is 1. The molecule has 0 amide bonds. The molecule has 1 unspecified atom stereocenters. The molecule has 1 rings (SSSR count). The lowest BCUT2D eigenvalue weighted by Crippen LogP contribution is -2.26. The van der Waals surface area contributed by atoms with Crippen molar-refractivity contribution in [2.24, 2.45) is 5.73 Å². The number of ketones is 1. The summed E-state index contributed by atoms with van der Waals surface area (Å²) in [5.74, 6) is 0.0162. The number of nitrogens with two attached hydrogens (primary N) is 1. The Morgan fingerprint density at radius 2 is 1.78 bits per heavy atom. The Kier molecular flexibility index (Phi) is 8.69. The minimum atomic E-state index is -0.412. The van der Waals surface area contributed by atoms with E-state index in [9.17, 15) is 4.79 Å². The lowest BCUT2D eigenvalue weighted by Gasteiger charge is -2.06. The Balaban J connectivity index is 0.00000289. The summed E-state index contributed by atoms with van der Waals surface area (Å²) in [6, 6.07) is 7.45. The highest BCUT2D eigenvalue weighted by Gasteiger charge is 2.09. The fourth-order valence-corrected chi connectivity index (χ4v) is 1.85. The first-order valence-corrected chi connectivity index (χ1v) is 6.54. The molecule has 18 heavy (non-hydrogen) atoms. The normalized spacial score (nSPS) is 11.7. The first kappa shape index (κ1) is 17.1. The fourth-order valence-electron chi connectivity index (χ4n) is 1.85. The van der Waals surface area contributed by atoms with E-state index in [2.05, 4.69) is 6.92 Å². The van der Waals surface area contributed by atoms with E-state index in [0.717, 1.165) is 12.0 Å². The van der Waals surface area contributed by atoms with Crippen LogP contribution in [0.2, 0.25) is 0 Å². The smallest absolute Gasteiger partial charge is 0.179 e. The van der Waals surface area contributed by atoms with Crippen LogP contribution in [0.4, 0.5) is 0 Å². The first-order valence-electron chi connectivity index (χ1n) is 6.54. The van der Waals surface area contributed by atoms with Gasteiger partial charge < -0.3 is 5.73 Å². The van der Waals surface area contributed by atoms with Crippen LogP contribution >= 0.6 is 12.4 Å². The maximum absolute atomic E-state index is 11.6. The molecule has 0 aliphatic heterocycles. The molecule has 0 radical (unpaired) electrons. The minimum absolute atomic E-state index is 0. The number of unbranched alkanes of at least 4 members (excludes halogenated alkanes) is 3. The molecular weight excluding hydrogens is 246 g/mol. The quantitative estimate of drug-likeness (QED) is 0.605. The number of hydrogen-bond acceptors (Lipinski definition) is 2. The highest BCUT2D eigenvalue weighted by Crippen LogP contribution is 2.10. The van der Waals surface area contributed by atoms with Crippen molar-refractivity contribution in [1.82, 2.24) is 0 Å². The van der Waals surface area contributed by atoms with Crippen LogP contribution in [0.15, 0.2) is 24.3 Å². The van der Waals surface area contributed by atoms with Crippen LogP contribution in [-0.4, -0.2) is 11.8 Å². The van der Waals surface area contributed by atoms with Gasteiger partial charge in [-0.25, -0.2) is 0 Å². The average Bonchev–Trinajstić information content (AvgIpc) is 2.34. The van der Waals surface area contributed by atoms with Gasteiger partial charge in [-0.05, 0) is 25.3 Å². The van der Waals surface area contributed by atoms with Gasteiger partial charge in [-0.3, -0.25) is 4.79 Å². The molecule has 1 atom stereocenters. The van der Waals surface area contributed by atoms with Gasteiger partial charge in [0.1, 0.15) is 0 Å². The van der Waals surface area contributed by atoms with Gasteiger partial charge in [0, 0.05) is 5.56 Å². The molecule has 0 aromatic heterocycles. The number of hydrogen-bond donors (Lipinski definition) is 1. The summed E-state index contributed by atoms with van der Waals surface area (Å²) in [4.78, 5) is 11.6. The van der Waals surface area contributed by atoms with E-state index in [-0.39, 0.29) is 18.2 Å². The average molecular weight is 270 g/mol. The summed E-state index contributed by atoms with van der Waals surface area (Å²) in [6.07, 6.45) is 6.20. The number of rotatable bonds is 7. The molecule has 0 heterocycles. The van der Waals surface area contributed by atoms with Crippen molar-refractivity contribution in [3.63, 3.8) is 0 Å². The van der Waals surface area contributed by atoms with Crippen LogP contribution in [0.1, 0.15) is 55.5 Å². The van der Waals surface area contributed by atoms with Crippen molar-refractivity contribution in [2.75, 3.05) is 0 Å². The van der Waals surface area contributed by atoms with Crippen molar-refractivity contribution >= 4 is 18.2 Å². The lowest BCUT2D eigenvalue weighted by molar-refractivity contribution is 0.0968. The zero-order valence-electron chi connectivity index (χ0n) is 11.3. The number of carbonyl (C=O) groups is 1. The SMILES string of the molecule is CCCCCCc1ccc(C(=O)C(C)N)cc1.Cl. The molecule has 0 bridgehead atoms. The predicted octanol–water partition coefficient (Wildman–Crippen LogP) is 3.76. The highest BCUT2D eigenvalue weighted by molar-refractivity contribution is 5.99. The number of halogens is 1. The van der Waals surface area contributed by atoms with E-state index in [4.69, 9.17) is 5.73 Å². The Hall–Kier alpha value is -0.860. The van der Waals surface area contributed by atoms with Crippen LogP contribution < -0.4 is 5.73 Å². The van der Waals surface area contributed by atoms with Crippen LogP contribution in [0.25, 0.3) is 0 Å². The zero-order valence-corrected chi connectivity index (χ0v) is 12.1. The van der Waals surface area contributed by atoms with E-state index in [1.165, 1.54) is 31.2 Å². The summed E-state index contributed by atoms with van der Waals surface area (Å²) >= 11 is 0. The van der Waals surface area contributed by atoms with Crippen molar-refractivity contribution < 1.29 is 4.79 Å². The lowest BCUT2D eigenvalue weighted by atomic mass is 10.0. The molecule has 2 N–H and O–H groups in total. The van der Waals surface area contributed by atoms with E-state index < -0.39 is 6.04 Å². The third-order valence-electron chi connectivity index (χ3n) is 2.97. The third-order valence-corrected chi connectivity index (χ3v) is 2.97. The van der Waals surface area contributed by atoms with E-state index in [0.29, 0.717) is 0 Å². The predicted molar refractivity (Wildman–Crippen MR) is 79.5 cm³/mol. The number of aryl methyl sites for hydroxylation is 1. The molecule has 3 heteroatoms. The van der Waals surface area contributed by atoms with Crippen LogP contribution in [0.3, 0.4) is 0 Å². The van der Waals surface area contributed by atoms with Gasteiger partial charge in [-0.15, -0.1) is 12.4 Å². The van der Waals surface area contributed by atoms with Crippen LogP contribution in [-0.2, 0) is 6.42 Å². The minimum Gasteiger partial charge on any atom is -0.321 e. The second-order valence-electron chi connectivity index (χ2n) is 4.66. The van der Waals surface area contributed by atoms with Crippen molar-refractivity contribution in [2.45, 2.75) is 52.0 Å². The summed E-state index contributed by atoms with van der Waals surface area (Å²) in [5.41, 5.74) is 7.60. The summed E-state index contributed by atoms with van der Waals surface area (Å²) in [7, 11) is 0. The topological polar surface area (TPSA) is 43.1 Å². The molecule has 0 fully saturated rings. The Morgan fingerprint density at radius 1 is 1.17 bits per heavy atom. The van der Waals surface area contributed by atoms with Crippen LogP contribution in [0.5, 0.6) is 0 Å². The van der Waals surface area contributed by atoms with Gasteiger partial charge in [0.05, 0.1) is 6.04 Å². The van der Waals surface area contributed by atoms with Gasteiger partial charge in [0.25, 0.3) is 0 Å². The second kappa shape index (κ2) is 9.12. The molecule has 2 nitrogen and oxygen atoms in total. The van der Waals surface area contributed by atoms with Crippen molar-refractivity contribution in [1.29, 1.82) is 0 Å². The molecule has 0 aliphatic rings. The maximum Gasteiger partial charge on any atom is 0.179 e. The molecule has 0 saturated heterocycles. The number of benzene rings is 1. The van der Waals surface area contributed by atoms with E-state index in [1.807, 2.05) is 24.3 Å². The summed E-state index contributed by atoms with van der Waals surface area (Å²) in [6.45, 7) is 3.94. The van der Waals surface area contributed by atoms with E-state index in [1.54, 1.807) is 6.92 Å². The Bertz CT molecular complexity index is 346. The molecule has 102 valence electrons. The molecule has 0 aliphatic carbocycles. The summed E-state index contributed by atoms with van der Waals surface area (Å²) in [5, 5.41) is 0. The third kappa shape index (κ3) is 5.65. The van der Waals surface area contributed by atoms with E-state index >= 15 is 0 Å². The first-order chi connectivity index (χ1) is 8.15. The second-order valence-corrected chi connectivity index (χ2v) is 4.66. The number of carbonyl (C=O) groups excluding carboxylic acids is 1. The molecule has 1 aromatic carbocycles. The highest BCUT2D eigenvalue weighted by atomic mass is 35.5. The van der Waals surface area contributed by atoms with Gasteiger partial charge >= 0.3 is 0 Å².